The fourth-order valence-corrected chi connectivity index (χ4v) is 4.73. The molecule has 0 bridgehead atoms. The molecule has 1 aliphatic rings. The first kappa shape index (κ1) is 22.0. The number of benzene rings is 1. The molecule has 0 spiro atoms. The Morgan fingerprint density at radius 3 is 2.56 bits per heavy atom. The number of aromatic nitrogens is 3. The summed E-state index contributed by atoms with van der Waals surface area (Å²) in [6.07, 6.45) is 8.94. The zero-order valence-corrected chi connectivity index (χ0v) is 18.1. The Kier molecular flexibility index (Phi) is 6.58. The average Bonchev–Trinajstić information content (AvgIpc) is 2.82. The number of hydrogen-bond acceptors (Lipinski definition) is 5. The van der Waals surface area contributed by atoms with Crippen LogP contribution >= 0.6 is 0 Å². The normalized spacial score (nSPS) is 19.5. The van der Waals surface area contributed by atoms with Crippen LogP contribution in [0.3, 0.4) is 0 Å². The first-order valence-electron chi connectivity index (χ1n) is 10.9. The lowest BCUT2D eigenvalue weighted by Gasteiger charge is -2.34. The molecule has 1 aromatic carbocycles. The minimum atomic E-state index is -0.633. The van der Waals surface area contributed by atoms with Crippen molar-refractivity contribution >= 4 is 16.8 Å². The summed E-state index contributed by atoms with van der Waals surface area (Å²) in [5, 5.41) is 3.67. The molecule has 1 atom stereocenters. The minimum absolute atomic E-state index is 0. The van der Waals surface area contributed by atoms with E-state index in [1.807, 2.05) is 6.07 Å². The van der Waals surface area contributed by atoms with Gasteiger partial charge in [-0.2, -0.15) is 0 Å². The number of halogens is 2. The Balaban J connectivity index is 0.00000306. The highest BCUT2D eigenvalue weighted by molar-refractivity contribution is 5.93. The van der Waals surface area contributed by atoms with Crippen LogP contribution in [-0.2, 0) is 0 Å². The number of carbonyl (C=O) groups is 1. The lowest BCUT2D eigenvalue weighted by molar-refractivity contribution is 0.0908. The van der Waals surface area contributed by atoms with Crippen molar-refractivity contribution < 1.29 is 19.7 Å². The molecule has 8 heteroatoms. The molecule has 1 N–H and O–H groups in total. The lowest BCUT2D eigenvalue weighted by Crippen LogP contribution is -2.41. The molecule has 1 aliphatic carbocycles. The van der Waals surface area contributed by atoms with Crippen LogP contribution in [0.4, 0.5) is 8.78 Å². The molecule has 1 amide bonds. The quantitative estimate of drug-likeness (QED) is 0.579. The van der Waals surface area contributed by atoms with Crippen LogP contribution in [-0.4, -0.2) is 34.0 Å². The number of nitrogens with one attached hydrogen (secondary N) is 1. The number of carbonyl (C=O) groups excluding carboxylic acids is 1. The van der Waals surface area contributed by atoms with Gasteiger partial charge in [-0.3, -0.25) is 9.78 Å². The number of nitrogens with zero attached hydrogens (tertiary/aromatic N) is 3. The standard InChI is InChI=1S/C24H26F2N4O2.H2/c1-3-21(30-23(31)16-12-28-24(32-2)29-13-16)15-6-4-14(5-7-15)18-8-9-27-22-19(18)10-17(25)11-20(22)26;/h8-15,21H,3-7H2,1-2H3,(H,30,31);1H/t14?,15?,21-;/m0./s1. The monoisotopic (exact) mass is 442 g/mol. The van der Waals surface area contributed by atoms with Crippen molar-refractivity contribution in [3.8, 4) is 6.01 Å². The Bertz CT molecular complexity index is 1110. The number of hydrogen-bond donors (Lipinski definition) is 1. The highest BCUT2D eigenvalue weighted by atomic mass is 19.1. The van der Waals surface area contributed by atoms with E-state index in [0.717, 1.165) is 43.7 Å². The molecule has 3 aromatic rings. The zero-order chi connectivity index (χ0) is 22.7. The summed E-state index contributed by atoms with van der Waals surface area (Å²) in [7, 11) is 1.47. The van der Waals surface area contributed by atoms with Gasteiger partial charge in [-0.05, 0) is 61.6 Å². The summed E-state index contributed by atoms with van der Waals surface area (Å²) in [4.78, 5) is 24.7. The van der Waals surface area contributed by atoms with E-state index in [4.69, 9.17) is 4.74 Å². The van der Waals surface area contributed by atoms with Gasteiger partial charge < -0.3 is 10.1 Å². The van der Waals surface area contributed by atoms with Gasteiger partial charge in [0.05, 0.1) is 12.7 Å². The summed E-state index contributed by atoms with van der Waals surface area (Å²) < 4.78 is 32.9. The molecule has 0 saturated heterocycles. The third kappa shape index (κ3) is 4.54. The predicted molar refractivity (Wildman–Crippen MR) is 119 cm³/mol. The average molecular weight is 443 g/mol. The van der Waals surface area contributed by atoms with Crippen LogP contribution in [0.5, 0.6) is 6.01 Å². The SMILES string of the molecule is CC[C@H](NC(=O)c1cnc(OC)nc1)C1CCC(c2ccnc3c(F)cc(F)cc23)CC1.[HH]. The van der Waals surface area contributed by atoms with E-state index >= 15 is 0 Å². The van der Waals surface area contributed by atoms with E-state index in [1.54, 1.807) is 6.20 Å². The van der Waals surface area contributed by atoms with Gasteiger partial charge in [0.15, 0.2) is 5.82 Å². The minimum Gasteiger partial charge on any atom is -0.467 e. The molecule has 6 nitrogen and oxygen atoms in total. The highest BCUT2D eigenvalue weighted by Gasteiger charge is 2.29. The van der Waals surface area contributed by atoms with Crippen LogP contribution in [0.1, 0.15) is 62.3 Å². The second-order valence-electron chi connectivity index (χ2n) is 8.24. The van der Waals surface area contributed by atoms with Gasteiger partial charge >= 0.3 is 6.01 Å². The number of ether oxygens (including phenoxy) is 1. The van der Waals surface area contributed by atoms with Crippen molar-refractivity contribution in [1.82, 2.24) is 20.3 Å². The van der Waals surface area contributed by atoms with Crippen molar-refractivity contribution in [2.45, 2.75) is 51.0 Å². The summed E-state index contributed by atoms with van der Waals surface area (Å²) in [6, 6.07) is 4.37. The van der Waals surface area contributed by atoms with Gasteiger partial charge in [0, 0.05) is 37.5 Å². The second kappa shape index (κ2) is 9.54. The summed E-state index contributed by atoms with van der Waals surface area (Å²) in [6.45, 7) is 2.06. The van der Waals surface area contributed by atoms with Crippen molar-refractivity contribution in [2.24, 2.45) is 5.92 Å². The highest BCUT2D eigenvalue weighted by Crippen LogP contribution is 2.40. The van der Waals surface area contributed by atoms with E-state index in [0.29, 0.717) is 16.9 Å². The maximum absolute atomic E-state index is 14.2. The molecule has 0 unspecified atom stereocenters. The van der Waals surface area contributed by atoms with E-state index < -0.39 is 11.6 Å². The number of rotatable bonds is 6. The number of amides is 1. The van der Waals surface area contributed by atoms with Crippen molar-refractivity contribution in [3.63, 3.8) is 0 Å². The number of methoxy groups -OCH3 is 1. The molecular weight excluding hydrogens is 414 g/mol. The first-order valence-corrected chi connectivity index (χ1v) is 10.9. The predicted octanol–water partition coefficient (Wildman–Crippen LogP) is 5.04. The topological polar surface area (TPSA) is 77.0 Å². The summed E-state index contributed by atoms with van der Waals surface area (Å²) in [5.74, 6) is -0.879. The third-order valence-corrected chi connectivity index (χ3v) is 6.41. The number of fused-ring (bicyclic) bond motifs is 1. The molecule has 170 valence electrons. The maximum Gasteiger partial charge on any atom is 0.316 e. The van der Waals surface area contributed by atoms with Gasteiger partial charge in [-0.1, -0.05) is 6.92 Å². The number of pyridine rings is 1. The molecule has 1 fully saturated rings. The van der Waals surface area contributed by atoms with Gasteiger partial charge in [-0.25, -0.2) is 18.7 Å². The Morgan fingerprint density at radius 1 is 1.19 bits per heavy atom. The largest absolute Gasteiger partial charge is 0.467 e. The Morgan fingerprint density at radius 2 is 1.91 bits per heavy atom. The van der Waals surface area contributed by atoms with Crippen LogP contribution in [0, 0.1) is 17.6 Å². The zero-order valence-electron chi connectivity index (χ0n) is 18.1. The van der Waals surface area contributed by atoms with Crippen LogP contribution in [0.2, 0.25) is 0 Å². The lowest BCUT2D eigenvalue weighted by atomic mass is 9.75. The van der Waals surface area contributed by atoms with E-state index in [9.17, 15) is 13.6 Å². The molecule has 2 heterocycles. The molecule has 0 radical (unpaired) electrons. The van der Waals surface area contributed by atoms with Crippen LogP contribution < -0.4 is 10.1 Å². The van der Waals surface area contributed by atoms with E-state index in [1.165, 1.54) is 25.6 Å². The van der Waals surface area contributed by atoms with Crippen molar-refractivity contribution in [3.05, 3.63) is 59.6 Å². The van der Waals surface area contributed by atoms with Gasteiger partial charge in [-0.15, -0.1) is 0 Å². The molecule has 32 heavy (non-hydrogen) atoms. The maximum atomic E-state index is 14.2. The van der Waals surface area contributed by atoms with Crippen LogP contribution in [0.15, 0.2) is 36.8 Å². The van der Waals surface area contributed by atoms with Crippen molar-refractivity contribution in [2.75, 3.05) is 7.11 Å². The summed E-state index contributed by atoms with van der Waals surface area (Å²) >= 11 is 0. The summed E-state index contributed by atoms with van der Waals surface area (Å²) in [5.41, 5.74) is 1.55. The first-order chi connectivity index (χ1) is 15.5. The van der Waals surface area contributed by atoms with E-state index in [2.05, 4.69) is 27.2 Å². The van der Waals surface area contributed by atoms with Gasteiger partial charge in [0.2, 0.25) is 0 Å². The fraction of sp³-hybridized carbons (Fsp3) is 0.417. The Labute approximate surface area is 186 Å². The third-order valence-electron chi connectivity index (χ3n) is 6.41. The fourth-order valence-electron chi connectivity index (χ4n) is 4.73. The van der Waals surface area contributed by atoms with Crippen LogP contribution in [0.25, 0.3) is 10.9 Å². The second-order valence-corrected chi connectivity index (χ2v) is 8.24. The molecule has 2 aromatic heterocycles. The molecule has 0 aliphatic heterocycles. The van der Waals surface area contributed by atoms with Crippen molar-refractivity contribution in [1.29, 1.82) is 0 Å². The smallest absolute Gasteiger partial charge is 0.316 e. The molecule has 1 saturated carbocycles. The van der Waals surface area contributed by atoms with Gasteiger partial charge in [0.25, 0.3) is 5.91 Å². The molecule has 4 rings (SSSR count). The Hall–Kier alpha value is -3.16. The van der Waals surface area contributed by atoms with E-state index in [-0.39, 0.29) is 30.8 Å². The molecular formula is C24H28F2N4O2. The van der Waals surface area contributed by atoms with Gasteiger partial charge in [0.1, 0.15) is 11.3 Å².